The van der Waals surface area contributed by atoms with Crippen LogP contribution in [-0.2, 0) is 0 Å². The summed E-state index contributed by atoms with van der Waals surface area (Å²) < 4.78 is 0. The molecule has 0 saturated heterocycles. The van der Waals surface area contributed by atoms with Gasteiger partial charge in [0.25, 0.3) is 0 Å². The molecule has 0 aromatic rings. The van der Waals surface area contributed by atoms with Gasteiger partial charge >= 0.3 is 0 Å². The van der Waals surface area contributed by atoms with Gasteiger partial charge in [-0.05, 0) is 36.1 Å². The lowest BCUT2D eigenvalue weighted by Gasteiger charge is -2.21. The highest BCUT2D eigenvalue weighted by Gasteiger charge is 2.13. The third kappa shape index (κ3) is 2.48. The lowest BCUT2D eigenvalue weighted by atomic mass is 9.90. The van der Waals surface area contributed by atoms with Crippen molar-refractivity contribution in [3.8, 4) is 0 Å². The minimum atomic E-state index is 0.598. The first-order chi connectivity index (χ1) is 6.15. The van der Waals surface area contributed by atoms with Crippen molar-refractivity contribution in [1.82, 2.24) is 5.32 Å². The van der Waals surface area contributed by atoms with Gasteiger partial charge in [0.05, 0.1) is 0 Å². The van der Waals surface area contributed by atoms with Crippen LogP contribution in [0, 0.1) is 11.8 Å². The van der Waals surface area contributed by atoms with Gasteiger partial charge in [0.2, 0.25) is 0 Å². The van der Waals surface area contributed by atoms with Crippen molar-refractivity contribution in [2.45, 2.75) is 27.2 Å². The number of allylic oxidation sites excluding steroid dienone is 4. The van der Waals surface area contributed by atoms with Crippen molar-refractivity contribution >= 4 is 0 Å². The second-order valence-electron chi connectivity index (χ2n) is 3.94. The zero-order chi connectivity index (χ0) is 9.84. The Labute approximate surface area is 81.2 Å². The molecule has 1 atom stereocenters. The molecule has 0 amide bonds. The van der Waals surface area contributed by atoms with Crippen LogP contribution in [-0.4, -0.2) is 0 Å². The average Bonchev–Trinajstić information content (AvgIpc) is 2.08. The molecule has 0 aliphatic heterocycles. The highest BCUT2D eigenvalue weighted by molar-refractivity contribution is 5.30. The molecular weight excluding hydrogens is 158 g/mol. The normalized spacial score (nSPS) is 22.3. The van der Waals surface area contributed by atoms with Gasteiger partial charge in [-0.3, -0.25) is 0 Å². The van der Waals surface area contributed by atoms with Gasteiger partial charge in [-0.2, -0.15) is 0 Å². The van der Waals surface area contributed by atoms with E-state index < -0.39 is 0 Å². The molecule has 0 heterocycles. The number of rotatable bonds is 3. The summed E-state index contributed by atoms with van der Waals surface area (Å²) in [5, 5.41) is 3.20. The maximum atomic E-state index is 3.69. The Morgan fingerprint density at radius 2 is 2.31 bits per heavy atom. The highest BCUT2D eigenvalue weighted by atomic mass is 14.9. The predicted molar refractivity (Wildman–Crippen MR) is 58.1 cm³/mol. The zero-order valence-electron chi connectivity index (χ0n) is 8.80. The fourth-order valence-corrected chi connectivity index (χ4v) is 1.52. The molecular formula is C12H19N. The molecule has 0 bridgehead atoms. The van der Waals surface area contributed by atoms with E-state index in [0.717, 1.165) is 6.42 Å². The van der Waals surface area contributed by atoms with Crippen LogP contribution >= 0.6 is 0 Å². The molecule has 1 aliphatic rings. The average molecular weight is 177 g/mol. The van der Waals surface area contributed by atoms with Crippen molar-refractivity contribution in [3.63, 3.8) is 0 Å². The quantitative estimate of drug-likeness (QED) is 0.698. The summed E-state index contributed by atoms with van der Waals surface area (Å²) >= 11 is 0. The Morgan fingerprint density at radius 1 is 1.62 bits per heavy atom. The zero-order valence-corrected chi connectivity index (χ0v) is 8.80. The van der Waals surface area contributed by atoms with E-state index in [9.17, 15) is 0 Å². The first kappa shape index (κ1) is 10.1. The van der Waals surface area contributed by atoms with Crippen molar-refractivity contribution in [1.29, 1.82) is 0 Å². The Morgan fingerprint density at radius 3 is 2.85 bits per heavy atom. The molecule has 13 heavy (non-hydrogen) atoms. The van der Waals surface area contributed by atoms with Crippen molar-refractivity contribution in [2.75, 3.05) is 0 Å². The summed E-state index contributed by atoms with van der Waals surface area (Å²) in [5.74, 6) is 1.22. The van der Waals surface area contributed by atoms with Crippen molar-refractivity contribution in [3.05, 3.63) is 36.2 Å². The van der Waals surface area contributed by atoms with E-state index in [-0.39, 0.29) is 0 Å². The molecule has 0 spiro atoms. The maximum absolute atomic E-state index is 3.69. The Kier molecular flexibility index (Phi) is 3.35. The highest BCUT2D eigenvalue weighted by Crippen LogP contribution is 2.25. The van der Waals surface area contributed by atoms with E-state index >= 15 is 0 Å². The summed E-state index contributed by atoms with van der Waals surface area (Å²) in [6.07, 6.45) is 7.48. The second kappa shape index (κ2) is 4.31. The van der Waals surface area contributed by atoms with Gasteiger partial charge in [0, 0.05) is 5.70 Å². The number of nitrogens with one attached hydrogen (secondary N) is 1. The molecule has 72 valence electrons. The first-order valence-corrected chi connectivity index (χ1v) is 4.94. The molecule has 1 rings (SSSR count). The van der Waals surface area contributed by atoms with Crippen LogP contribution in [0.2, 0.25) is 0 Å². The van der Waals surface area contributed by atoms with Crippen LogP contribution in [0.3, 0.4) is 0 Å². The third-order valence-electron chi connectivity index (χ3n) is 2.50. The third-order valence-corrected chi connectivity index (χ3v) is 2.50. The van der Waals surface area contributed by atoms with Crippen LogP contribution < -0.4 is 5.32 Å². The molecule has 1 nitrogen and oxygen atoms in total. The number of hydrogen-bond acceptors (Lipinski definition) is 1. The first-order valence-electron chi connectivity index (χ1n) is 4.94. The fourth-order valence-electron chi connectivity index (χ4n) is 1.52. The lowest BCUT2D eigenvalue weighted by Crippen LogP contribution is -2.16. The molecule has 0 aromatic heterocycles. The molecule has 1 unspecified atom stereocenters. The molecule has 1 N–H and O–H groups in total. The Balaban J connectivity index is 2.78. The van der Waals surface area contributed by atoms with Gasteiger partial charge in [0.15, 0.2) is 0 Å². The smallest absolute Gasteiger partial charge is 0.0180 e. The maximum Gasteiger partial charge on any atom is 0.0180 e. The molecule has 0 radical (unpaired) electrons. The van der Waals surface area contributed by atoms with Crippen LogP contribution in [0.4, 0.5) is 0 Å². The van der Waals surface area contributed by atoms with Crippen LogP contribution in [0.15, 0.2) is 36.2 Å². The minimum Gasteiger partial charge on any atom is -0.365 e. The fraction of sp³-hybridized carbons (Fsp3) is 0.500. The Bertz CT molecular complexity index is 246. The lowest BCUT2D eigenvalue weighted by molar-refractivity contribution is 0.625. The Hall–Kier alpha value is -0.980. The molecule has 0 fully saturated rings. The summed E-state index contributed by atoms with van der Waals surface area (Å²) in [6.45, 7) is 10.4. The minimum absolute atomic E-state index is 0.598. The predicted octanol–water partition coefficient (Wildman–Crippen LogP) is 3.23. The van der Waals surface area contributed by atoms with Gasteiger partial charge < -0.3 is 5.32 Å². The number of hydrogen-bond donors (Lipinski definition) is 1. The van der Waals surface area contributed by atoms with Gasteiger partial charge in [-0.1, -0.05) is 33.4 Å². The van der Waals surface area contributed by atoms with E-state index in [2.05, 4.69) is 44.8 Å². The van der Waals surface area contributed by atoms with Gasteiger partial charge in [-0.15, -0.1) is 0 Å². The summed E-state index contributed by atoms with van der Waals surface area (Å²) in [7, 11) is 0. The summed E-state index contributed by atoms with van der Waals surface area (Å²) in [5.41, 5.74) is 2.73. The molecule has 0 aromatic carbocycles. The van der Waals surface area contributed by atoms with Crippen LogP contribution in [0.25, 0.3) is 0 Å². The standard InChI is InChI=1S/C12H19N/c1-5-13-12-8-11(9(2)3)7-6-10(12)4/h5,7-10,13H,1,6H2,2-4H3. The summed E-state index contributed by atoms with van der Waals surface area (Å²) in [4.78, 5) is 0. The van der Waals surface area contributed by atoms with Crippen LogP contribution in [0.5, 0.6) is 0 Å². The van der Waals surface area contributed by atoms with Crippen molar-refractivity contribution < 1.29 is 0 Å². The van der Waals surface area contributed by atoms with Crippen LogP contribution in [0.1, 0.15) is 27.2 Å². The largest absolute Gasteiger partial charge is 0.365 e. The summed E-state index contributed by atoms with van der Waals surface area (Å²) in [6, 6.07) is 0. The topological polar surface area (TPSA) is 12.0 Å². The molecule has 1 aliphatic carbocycles. The van der Waals surface area contributed by atoms with E-state index in [1.165, 1.54) is 11.3 Å². The molecule has 1 heteroatoms. The van der Waals surface area contributed by atoms with Gasteiger partial charge in [0.1, 0.15) is 0 Å². The van der Waals surface area contributed by atoms with Crippen molar-refractivity contribution in [2.24, 2.45) is 11.8 Å². The van der Waals surface area contributed by atoms with E-state index in [1.54, 1.807) is 6.20 Å². The van der Waals surface area contributed by atoms with E-state index in [0.29, 0.717) is 11.8 Å². The SMILES string of the molecule is C=CNC1=CC(C(C)C)=CCC1C. The molecule has 0 saturated carbocycles. The van der Waals surface area contributed by atoms with Gasteiger partial charge in [-0.25, -0.2) is 0 Å². The second-order valence-corrected chi connectivity index (χ2v) is 3.94. The van der Waals surface area contributed by atoms with E-state index in [4.69, 9.17) is 0 Å². The monoisotopic (exact) mass is 177 g/mol. The van der Waals surface area contributed by atoms with E-state index in [1.807, 2.05) is 0 Å².